The summed E-state index contributed by atoms with van der Waals surface area (Å²) in [5.41, 5.74) is 1.63. The Labute approximate surface area is 127 Å². The van der Waals surface area contributed by atoms with Crippen LogP contribution in [0.25, 0.3) is 0 Å². The molecule has 2 heterocycles. The summed E-state index contributed by atoms with van der Waals surface area (Å²) in [6, 6.07) is 4.67. The Balaban J connectivity index is 1.76. The zero-order valence-electron chi connectivity index (χ0n) is 12.0. The van der Waals surface area contributed by atoms with Crippen molar-refractivity contribution < 1.29 is 19.5 Å². The second-order valence-electron chi connectivity index (χ2n) is 5.61. The second kappa shape index (κ2) is 5.67. The molecule has 0 spiro atoms. The number of benzene rings is 1. The molecule has 1 aromatic rings. The zero-order valence-corrected chi connectivity index (χ0v) is 12.0. The lowest BCUT2D eigenvalue weighted by Gasteiger charge is -2.39. The molecule has 3 amide bonds. The van der Waals surface area contributed by atoms with Crippen LogP contribution in [0.5, 0.6) is 0 Å². The number of rotatable bonds is 3. The number of nitrogens with zero attached hydrogens (tertiary/aromatic N) is 2. The van der Waals surface area contributed by atoms with Crippen molar-refractivity contribution in [2.75, 3.05) is 18.4 Å². The topological polar surface area (TPSA) is 90.0 Å². The highest BCUT2D eigenvalue weighted by Gasteiger charge is 2.31. The van der Waals surface area contributed by atoms with Crippen molar-refractivity contribution in [1.82, 2.24) is 9.80 Å². The van der Waals surface area contributed by atoms with Crippen LogP contribution in [0.1, 0.15) is 28.8 Å². The first kappa shape index (κ1) is 14.4. The molecule has 1 fully saturated rings. The van der Waals surface area contributed by atoms with Gasteiger partial charge in [-0.15, -0.1) is 0 Å². The lowest BCUT2D eigenvalue weighted by molar-refractivity contribution is -0.119. The van der Waals surface area contributed by atoms with E-state index in [0.717, 1.165) is 24.8 Å². The highest BCUT2D eigenvalue weighted by atomic mass is 16.4. The third-order valence-electron chi connectivity index (χ3n) is 4.29. The first-order valence-corrected chi connectivity index (χ1v) is 7.21. The maximum atomic E-state index is 12.3. The normalized spacial score (nSPS) is 18.6. The Kier molecular flexibility index (Phi) is 3.70. The molecule has 1 aromatic carbocycles. The van der Waals surface area contributed by atoms with Crippen molar-refractivity contribution in [1.29, 1.82) is 0 Å². The maximum Gasteiger partial charge on any atom is 0.335 e. The summed E-state index contributed by atoms with van der Waals surface area (Å²) in [4.78, 5) is 37.5. The number of likely N-dealkylation sites (tertiary alicyclic amines) is 1. The van der Waals surface area contributed by atoms with E-state index >= 15 is 0 Å². The summed E-state index contributed by atoms with van der Waals surface area (Å²) < 4.78 is 0. The van der Waals surface area contributed by atoms with E-state index in [4.69, 9.17) is 5.11 Å². The lowest BCUT2D eigenvalue weighted by atomic mass is 10.0. The molecule has 7 heteroatoms. The van der Waals surface area contributed by atoms with Crippen LogP contribution in [0.2, 0.25) is 0 Å². The molecule has 1 saturated heterocycles. The maximum absolute atomic E-state index is 12.3. The molecular weight excluding hydrogens is 286 g/mol. The average Bonchev–Trinajstić information content (AvgIpc) is 2.53. The molecule has 116 valence electrons. The predicted octanol–water partition coefficient (Wildman–Crippen LogP) is 1.35. The molecule has 0 saturated carbocycles. The molecule has 7 nitrogen and oxygen atoms in total. The molecule has 2 aliphatic heterocycles. The number of fused-ring (bicyclic) bond motifs is 1. The van der Waals surface area contributed by atoms with Crippen LogP contribution < -0.4 is 5.32 Å². The van der Waals surface area contributed by atoms with Gasteiger partial charge in [-0.2, -0.15) is 0 Å². The van der Waals surface area contributed by atoms with Gasteiger partial charge in [0.25, 0.3) is 0 Å². The van der Waals surface area contributed by atoms with Gasteiger partial charge in [-0.25, -0.2) is 9.59 Å². The van der Waals surface area contributed by atoms with Crippen LogP contribution in [0, 0.1) is 0 Å². The summed E-state index contributed by atoms with van der Waals surface area (Å²) in [7, 11) is 0. The van der Waals surface area contributed by atoms with E-state index < -0.39 is 5.97 Å². The highest BCUT2D eigenvalue weighted by Crippen LogP contribution is 2.28. The summed E-state index contributed by atoms with van der Waals surface area (Å²) in [6.07, 6.45) is 2.36. The van der Waals surface area contributed by atoms with Gasteiger partial charge in [0.2, 0.25) is 6.41 Å². The van der Waals surface area contributed by atoms with Gasteiger partial charge in [0.1, 0.15) is 0 Å². The molecule has 2 N–H and O–H groups in total. The molecule has 0 radical (unpaired) electrons. The Morgan fingerprint density at radius 1 is 1.32 bits per heavy atom. The van der Waals surface area contributed by atoms with Crippen LogP contribution in [0.15, 0.2) is 18.2 Å². The van der Waals surface area contributed by atoms with E-state index in [9.17, 15) is 14.4 Å². The molecule has 0 bridgehead atoms. The number of nitrogens with one attached hydrogen (secondary N) is 1. The molecule has 0 aliphatic carbocycles. The minimum absolute atomic E-state index is 0.100. The fraction of sp³-hybridized carbons (Fsp3) is 0.400. The average molecular weight is 303 g/mol. The van der Waals surface area contributed by atoms with Crippen LogP contribution in [-0.2, 0) is 11.3 Å². The summed E-state index contributed by atoms with van der Waals surface area (Å²) >= 11 is 0. The number of urea groups is 1. The molecule has 0 aromatic heterocycles. The van der Waals surface area contributed by atoms with Gasteiger partial charge < -0.3 is 20.2 Å². The summed E-state index contributed by atoms with van der Waals surface area (Å²) in [5.74, 6) is -1.01. The van der Waals surface area contributed by atoms with E-state index in [0.29, 0.717) is 25.3 Å². The van der Waals surface area contributed by atoms with Crippen molar-refractivity contribution >= 4 is 24.1 Å². The van der Waals surface area contributed by atoms with Gasteiger partial charge >= 0.3 is 12.0 Å². The third-order valence-corrected chi connectivity index (χ3v) is 4.29. The Hall–Kier alpha value is -2.57. The van der Waals surface area contributed by atoms with E-state index in [1.165, 1.54) is 6.07 Å². The van der Waals surface area contributed by atoms with Crippen molar-refractivity contribution in [2.24, 2.45) is 0 Å². The quantitative estimate of drug-likeness (QED) is 0.825. The fourth-order valence-corrected chi connectivity index (χ4v) is 3.00. The van der Waals surface area contributed by atoms with Crippen molar-refractivity contribution in [3.63, 3.8) is 0 Å². The largest absolute Gasteiger partial charge is 0.478 e. The van der Waals surface area contributed by atoms with Gasteiger partial charge in [-0.3, -0.25) is 4.79 Å². The summed E-state index contributed by atoms with van der Waals surface area (Å²) in [5, 5.41) is 11.8. The van der Waals surface area contributed by atoms with Crippen LogP contribution in [0.4, 0.5) is 10.5 Å². The van der Waals surface area contributed by atoms with E-state index in [1.807, 2.05) is 0 Å². The van der Waals surface area contributed by atoms with Gasteiger partial charge in [0, 0.05) is 31.4 Å². The molecule has 0 unspecified atom stereocenters. The molecule has 3 rings (SSSR count). The Bertz CT molecular complexity index is 623. The lowest BCUT2D eigenvalue weighted by Crippen LogP contribution is -2.49. The van der Waals surface area contributed by atoms with Gasteiger partial charge in [0.05, 0.1) is 5.56 Å². The fourth-order valence-electron chi connectivity index (χ4n) is 3.00. The van der Waals surface area contributed by atoms with Crippen LogP contribution >= 0.6 is 0 Å². The van der Waals surface area contributed by atoms with Crippen molar-refractivity contribution in [2.45, 2.75) is 25.4 Å². The SMILES string of the molecule is O=CN1CCC(N2Cc3ccc(C(=O)O)cc3NC2=O)CC1. The Morgan fingerprint density at radius 2 is 2.05 bits per heavy atom. The number of hydrogen-bond acceptors (Lipinski definition) is 3. The van der Waals surface area contributed by atoms with E-state index in [1.54, 1.807) is 21.9 Å². The number of piperidine rings is 1. The first-order valence-electron chi connectivity index (χ1n) is 7.21. The minimum Gasteiger partial charge on any atom is -0.478 e. The van der Waals surface area contributed by atoms with Crippen LogP contribution in [-0.4, -0.2) is 52.4 Å². The highest BCUT2D eigenvalue weighted by molar-refractivity contribution is 5.95. The zero-order chi connectivity index (χ0) is 15.7. The first-order chi connectivity index (χ1) is 10.6. The summed E-state index contributed by atoms with van der Waals surface area (Å²) in [6.45, 7) is 1.78. The Morgan fingerprint density at radius 3 is 2.68 bits per heavy atom. The number of carboxylic acids is 1. The minimum atomic E-state index is -1.01. The molecular formula is C15H17N3O4. The third kappa shape index (κ3) is 2.61. The smallest absolute Gasteiger partial charge is 0.335 e. The molecule has 2 aliphatic rings. The number of amides is 3. The van der Waals surface area contributed by atoms with E-state index in [2.05, 4.69) is 5.32 Å². The second-order valence-corrected chi connectivity index (χ2v) is 5.61. The van der Waals surface area contributed by atoms with Crippen LogP contribution in [0.3, 0.4) is 0 Å². The van der Waals surface area contributed by atoms with Gasteiger partial charge in [0.15, 0.2) is 0 Å². The standard InChI is InChI=1S/C15H17N3O4/c19-9-17-5-3-12(4-6-17)18-8-11-2-1-10(14(20)21)7-13(11)16-15(18)22/h1-2,7,9,12H,3-6,8H2,(H,16,22)(H,20,21). The van der Waals surface area contributed by atoms with E-state index in [-0.39, 0.29) is 17.6 Å². The predicted molar refractivity (Wildman–Crippen MR) is 78.6 cm³/mol. The number of carbonyl (C=O) groups excluding carboxylic acids is 2. The monoisotopic (exact) mass is 303 g/mol. The van der Waals surface area contributed by atoms with Crippen molar-refractivity contribution in [3.8, 4) is 0 Å². The number of hydrogen-bond donors (Lipinski definition) is 2. The van der Waals surface area contributed by atoms with Gasteiger partial charge in [-0.1, -0.05) is 6.07 Å². The number of anilines is 1. The molecule has 0 atom stereocenters. The van der Waals surface area contributed by atoms with Crippen molar-refractivity contribution in [3.05, 3.63) is 29.3 Å². The number of carbonyl (C=O) groups is 3. The number of carboxylic acid groups (broad SMARTS) is 1. The molecule has 22 heavy (non-hydrogen) atoms. The van der Waals surface area contributed by atoms with Gasteiger partial charge in [-0.05, 0) is 30.5 Å². The number of aromatic carboxylic acids is 1.